The van der Waals surface area contributed by atoms with Crippen LogP contribution in [-0.4, -0.2) is 85.0 Å². The van der Waals surface area contributed by atoms with Crippen molar-refractivity contribution in [3.63, 3.8) is 0 Å². The monoisotopic (exact) mass is 475 g/mol. The number of nitrogens with zero attached hydrogens (tertiary/aromatic N) is 4. The first kappa shape index (κ1) is 23.0. The van der Waals surface area contributed by atoms with Crippen LogP contribution in [-0.2, 0) is 4.74 Å². The average molecular weight is 476 g/mol. The normalized spacial score (nSPS) is 18.2. The fourth-order valence-corrected chi connectivity index (χ4v) is 4.40. The standard InChI is InChI=1S/C25H29N7O3/c1-26-24(33)17-2-4-20(5-3-17)29-23-22-18(6-7-27-25(22)34)14-21(30-23)19-15-28-32(16-19)9-8-31-10-12-35-13-11-31/h2-7,14-15,19H,8-13,16H2,1H3,(H,26,33)(H,27,34)(H,29,30). The van der Waals surface area contributed by atoms with E-state index in [1.807, 2.05) is 18.3 Å². The Hall–Kier alpha value is -3.76. The highest BCUT2D eigenvalue weighted by Gasteiger charge is 2.23. The molecular formula is C25H29N7O3. The number of nitrogens with one attached hydrogen (secondary N) is 3. The Morgan fingerprint density at radius 3 is 2.74 bits per heavy atom. The Kier molecular flexibility index (Phi) is 6.73. The Bertz CT molecular complexity index is 1280. The van der Waals surface area contributed by atoms with Crippen LogP contribution in [0.15, 0.2) is 52.5 Å². The molecule has 5 rings (SSSR count). The van der Waals surface area contributed by atoms with Gasteiger partial charge in [0.15, 0.2) is 0 Å². The third-order valence-corrected chi connectivity index (χ3v) is 6.39. The third-order valence-electron chi connectivity index (χ3n) is 6.39. The van der Waals surface area contributed by atoms with Gasteiger partial charge < -0.3 is 20.4 Å². The minimum atomic E-state index is -0.210. The molecule has 4 heterocycles. The lowest BCUT2D eigenvalue weighted by Crippen LogP contribution is -2.40. The van der Waals surface area contributed by atoms with Crippen molar-refractivity contribution in [3.05, 3.63) is 64.2 Å². The highest BCUT2D eigenvalue weighted by molar-refractivity contribution is 5.95. The van der Waals surface area contributed by atoms with Crippen LogP contribution in [0.1, 0.15) is 22.0 Å². The van der Waals surface area contributed by atoms with Gasteiger partial charge in [0.2, 0.25) is 0 Å². The number of carbonyl (C=O) groups is 1. The van der Waals surface area contributed by atoms with Crippen molar-refractivity contribution < 1.29 is 9.53 Å². The molecule has 0 aliphatic carbocycles. The molecule has 3 N–H and O–H groups in total. The Morgan fingerprint density at radius 2 is 1.97 bits per heavy atom. The summed E-state index contributed by atoms with van der Waals surface area (Å²) in [6, 6.07) is 10.9. The van der Waals surface area contributed by atoms with Crippen molar-refractivity contribution >= 4 is 34.4 Å². The average Bonchev–Trinajstić information content (AvgIpc) is 3.37. The van der Waals surface area contributed by atoms with E-state index in [1.54, 1.807) is 37.5 Å². The Balaban J connectivity index is 1.36. The number of carbonyl (C=O) groups excluding carboxylic acids is 1. The van der Waals surface area contributed by atoms with Crippen molar-refractivity contribution in [2.24, 2.45) is 5.10 Å². The molecule has 1 amide bonds. The van der Waals surface area contributed by atoms with E-state index in [-0.39, 0.29) is 17.4 Å². The highest BCUT2D eigenvalue weighted by atomic mass is 16.5. The zero-order valence-corrected chi connectivity index (χ0v) is 19.7. The van der Waals surface area contributed by atoms with Gasteiger partial charge in [0.1, 0.15) is 5.82 Å². The molecule has 1 fully saturated rings. The summed E-state index contributed by atoms with van der Waals surface area (Å²) in [5.41, 5.74) is 1.93. The van der Waals surface area contributed by atoms with Gasteiger partial charge in [0.05, 0.1) is 30.2 Å². The van der Waals surface area contributed by atoms with E-state index in [1.165, 1.54) is 0 Å². The largest absolute Gasteiger partial charge is 0.379 e. The molecule has 3 aromatic rings. The van der Waals surface area contributed by atoms with Crippen molar-refractivity contribution in [1.29, 1.82) is 0 Å². The fourth-order valence-electron chi connectivity index (χ4n) is 4.40. The zero-order valence-electron chi connectivity index (χ0n) is 19.7. The van der Waals surface area contributed by atoms with Gasteiger partial charge in [-0.25, -0.2) is 4.98 Å². The summed E-state index contributed by atoms with van der Waals surface area (Å²) in [4.78, 5) is 34.5. The number of rotatable bonds is 7. The van der Waals surface area contributed by atoms with Crippen molar-refractivity contribution in [2.75, 3.05) is 58.3 Å². The van der Waals surface area contributed by atoms with Crippen LogP contribution < -0.4 is 16.2 Å². The maximum Gasteiger partial charge on any atom is 0.259 e. The molecule has 1 aromatic carbocycles. The number of pyridine rings is 2. The van der Waals surface area contributed by atoms with Crippen LogP contribution in [0.3, 0.4) is 0 Å². The zero-order chi connectivity index (χ0) is 24.2. The molecule has 1 unspecified atom stereocenters. The molecule has 2 aromatic heterocycles. The smallest absolute Gasteiger partial charge is 0.259 e. The maximum absolute atomic E-state index is 12.7. The number of hydrogen-bond acceptors (Lipinski definition) is 8. The molecule has 2 aliphatic heterocycles. The summed E-state index contributed by atoms with van der Waals surface area (Å²) in [6.45, 7) is 6.04. The molecule has 10 heteroatoms. The Morgan fingerprint density at radius 1 is 1.17 bits per heavy atom. The third kappa shape index (κ3) is 5.18. The van der Waals surface area contributed by atoms with Crippen molar-refractivity contribution in [2.45, 2.75) is 5.92 Å². The second-order valence-corrected chi connectivity index (χ2v) is 8.69. The maximum atomic E-state index is 12.7. The summed E-state index contributed by atoms with van der Waals surface area (Å²) in [6.07, 6.45) is 3.58. The lowest BCUT2D eigenvalue weighted by molar-refractivity contribution is 0.0339. The minimum Gasteiger partial charge on any atom is -0.379 e. The van der Waals surface area contributed by atoms with Crippen LogP contribution in [0, 0.1) is 0 Å². The van der Waals surface area contributed by atoms with E-state index in [4.69, 9.17) is 9.72 Å². The molecule has 0 spiro atoms. The number of hydrogen-bond donors (Lipinski definition) is 3. The van der Waals surface area contributed by atoms with Gasteiger partial charge >= 0.3 is 0 Å². The van der Waals surface area contributed by atoms with Gasteiger partial charge in [0.25, 0.3) is 11.5 Å². The lowest BCUT2D eigenvalue weighted by atomic mass is 10.0. The quantitative estimate of drug-likeness (QED) is 0.477. The molecule has 2 aliphatic rings. The molecule has 0 bridgehead atoms. The van der Waals surface area contributed by atoms with Gasteiger partial charge in [-0.2, -0.15) is 5.10 Å². The van der Waals surface area contributed by atoms with Crippen LogP contribution in [0.2, 0.25) is 0 Å². The molecule has 1 atom stereocenters. The highest BCUT2D eigenvalue weighted by Crippen LogP contribution is 2.27. The molecule has 0 radical (unpaired) electrons. The Labute approximate surface area is 203 Å². The lowest BCUT2D eigenvalue weighted by Gasteiger charge is -2.28. The second kappa shape index (κ2) is 10.2. The van der Waals surface area contributed by atoms with E-state index < -0.39 is 0 Å². The number of ether oxygens (including phenoxy) is 1. The predicted molar refractivity (Wildman–Crippen MR) is 136 cm³/mol. The van der Waals surface area contributed by atoms with E-state index >= 15 is 0 Å². The summed E-state index contributed by atoms with van der Waals surface area (Å²) < 4.78 is 5.42. The van der Waals surface area contributed by atoms with Crippen LogP contribution >= 0.6 is 0 Å². The van der Waals surface area contributed by atoms with Gasteiger partial charge in [-0.3, -0.25) is 19.5 Å². The van der Waals surface area contributed by atoms with E-state index in [0.717, 1.165) is 62.7 Å². The first-order chi connectivity index (χ1) is 17.1. The molecule has 10 nitrogen and oxygen atoms in total. The van der Waals surface area contributed by atoms with Crippen molar-refractivity contribution in [1.82, 2.24) is 25.2 Å². The topological polar surface area (TPSA) is 115 Å². The molecule has 182 valence electrons. The number of morpholine rings is 1. The van der Waals surface area contributed by atoms with E-state index in [0.29, 0.717) is 16.8 Å². The minimum absolute atomic E-state index is 0.0274. The number of fused-ring (bicyclic) bond motifs is 1. The number of amides is 1. The van der Waals surface area contributed by atoms with Crippen LogP contribution in [0.4, 0.5) is 11.5 Å². The SMILES string of the molecule is CNC(=O)c1ccc(Nc2nc(C3C=NN(CCN4CCOCC4)C3)cc3cc[nH]c(=O)c23)cc1. The fraction of sp³-hybridized carbons (Fsp3) is 0.360. The number of anilines is 2. The van der Waals surface area contributed by atoms with Gasteiger partial charge in [-0.15, -0.1) is 0 Å². The number of benzene rings is 1. The molecule has 1 saturated heterocycles. The summed E-state index contributed by atoms with van der Waals surface area (Å²) in [7, 11) is 1.60. The van der Waals surface area contributed by atoms with Crippen LogP contribution in [0.5, 0.6) is 0 Å². The summed E-state index contributed by atoms with van der Waals surface area (Å²) in [5, 5.41) is 13.9. The number of H-pyrrole nitrogens is 1. The van der Waals surface area contributed by atoms with Gasteiger partial charge in [0, 0.05) is 63.4 Å². The summed E-state index contributed by atoms with van der Waals surface area (Å²) >= 11 is 0. The number of aromatic nitrogens is 2. The molecule has 0 saturated carbocycles. The van der Waals surface area contributed by atoms with Crippen LogP contribution in [0.25, 0.3) is 10.8 Å². The van der Waals surface area contributed by atoms with Crippen molar-refractivity contribution in [3.8, 4) is 0 Å². The van der Waals surface area contributed by atoms with Gasteiger partial charge in [-0.1, -0.05) is 0 Å². The first-order valence-corrected chi connectivity index (χ1v) is 11.8. The van der Waals surface area contributed by atoms with Gasteiger partial charge in [-0.05, 0) is 41.8 Å². The molecule has 35 heavy (non-hydrogen) atoms. The molecular weight excluding hydrogens is 446 g/mol. The summed E-state index contributed by atoms with van der Waals surface area (Å²) in [5.74, 6) is 0.351. The second-order valence-electron chi connectivity index (χ2n) is 8.69. The first-order valence-electron chi connectivity index (χ1n) is 11.8. The van der Waals surface area contributed by atoms with E-state index in [9.17, 15) is 9.59 Å². The number of hydrazone groups is 1. The van der Waals surface area contributed by atoms with E-state index in [2.05, 4.69) is 30.6 Å². The predicted octanol–water partition coefficient (Wildman–Crippen LogP) is 1.74. The number of aromatic amines is 1.